The molecule has 0 amide bonds. The van der Waals surface area contributed by atoms with Crippen molar-refractivity contribution in [2.45, 2.75) is 52.4 Å². The Balaban J connectivity index is 2.61. The Morgan fingerprint density at radius 3 is 2.47 bits per heavy atom. The molecule has 0 aliphatic heterocycles. The zero-order chi connectivity index (χ0) is 11.1. The van der Waals surface area contributed by atoms with Crippen LogP contribution in [0.3, 0.4) is 0 Å². The maximum absolute atomic E-state index is 9.64. The zero-order valence-corrected chi connectivity index (χ0v) is 9.92. The molecule has 0 saturated heterocycles. The van der Waals surface area contributed by atoms with Crippen LogP contribution in [0.5, 0.6) is 5.75 Å². The van der Waals surface area contributed by atoms with Crippen LogP contribution in [0.1, 0.15) is 50.7 Å². The molecule has 1 heteroatoms. The molecule has 0 bridgehead atoms. The number of hydrogen-bond acceptors (Lipinski definition) is 1. The van der Waals surface area contributed by atoms with Crippen LogP contribution in [0.25, 0.3) is 0 Å². The van der Waals surface area contributed by atoms with Crippen molar-refractivity contribution in [1.82, 2.24) is 0 Å². The summed E-state index contributed by atoms with van der Waals surface area (Å²) in [6, 6.07) is 6.05. The number of unbranched alkanes of at least 4 members (excludes halogenated alkanes) is 2. The molecule has 0 saturated carbocycles. The topological polar surface area (TPSA) is 20.2 Å². The van der Waals surface area contributed by atoms with Crippen LogP contribution in [-0.2, 0) is 12.8 Å². The minimum absolute atomic E-state index is 0.455. The molecule has 0 heterocycles. The first-order chi connectivity index (χ1) is 7.27. The molecular weight excluding hydrogens is 184 g/mol. The molecule has 0 radical (unpaired) electrons. The maximum atomic E-state index is 9.64. The summed E-state index contributed by atoms with van der Waals surface area (Å²) in [4.78, 5) is 0. The van der Waals surface area contributed by atoms with Gasteiger partial charge >= 0.3 is 0 Å². The highest BCUT2D eigenvalue weighted by molar-refractivity contribution is 5.36. The first-order valence-corrected chi connectivity index (χ1v) is 6.08. The van der Waals surface area contributed by atoms with E-state index in [9.17, 15) is 5.11 Å². The van der Waals surface area contributed by atoms with Crippen LogP contribution in [0.2, 0.25) is 0 Å². The van der Waals surface area contributed by atoms with Gasteiger partial charge < -0.3 is 5.11 Å². The summed E-state index contributed by atoms with van der Waals surface area (Å²) in [6.07, 6.45) is 7.03. The molecule has 0 atom stereocenters. The van der Waals surface area contributed by atoms with E-state index in [2.05, 4.69) is 19.9 Å². The van der Waals surface area contributed by atoms with Crippen molar-refractivity contribution < 1.29 is 5.11 Å². The molecule has 1 rings (SSSR count). The minimum Gasteiger partial charge on any atom is -0.508 e. The van der Waals surface area contributed by atoms with Crippen molar-refractivity contribution in [3.8, 4) is 5.75 Å². The molecular formula is C14H22O. The summed E-state index contributed by atoms with van der Waals surface area (Å²) in [5, 5.41) is 9.64. The van der Waals surface area contributed by atoms with Gasteiger partial charge in [0.25, 0.3) is 0 Å². The Labute approximate surface area is 93.1 Å². The highest BCUT2D eigenvalue weighted by atomic mass is 16.3. The molecule has 0 aromatic heterocycles. The Kier molecular flexibility index (Phi) is 5.23. The predicted octanol–water partition coefficient (Wildman–Crippen LogP) is 4.08. The smallest absolute Gasteiger partial charge is 0.118 e. The van der Waals surface area contributed by atoms with E-state index < -0.39 is 0 Å². The Morgan fingerprint density at radius 1 is 1.00 bits per heavy atom. The average molecular weight is 206 g/mol. The van der Waals surface area contributed by atoms with Crippen molar-refractivity contribution >= 4 is 0 Å². The van der Waals surface area contributed by atoms with Gasteiger partial charge in [-0.15, -0.1) is 0 Å². The van der Waals surface area contributed by atoms with Crippen LogP contribution in [-0.4, -0.2) is 5.11 Å². The third kappa shape index (κ3) is 3.94. The SMILES string of the molecule is CCCCCc1ccc(O)c(CCC)c1. The zero-order valence-electron chi connectivity index (χ0n) is 9.92. The molecule has 1 N–H and O–H groups in total. The summed E-state index contributed by atoms with van der Waals surface area (Å²) in [5.41, 5.74) is 2.47. The number of hydrogen-bond donors (Lipinski definition) is 1. The Hall–Kier alpha value is -0.980. The summed E-state index contributed by atoms with van der Waals surface area (Å²) in [5.74, 6) is 0.455. The Bertz CT molecular complexity index is 291. The van der Waals surface area contributed by atoms with E-state index in [1.807, 2.05) is 12.1 Å². The summed E-state index contributed by atoms with van der Waals surface area (Å²) < 4.78 is 0. The van der Waals surface area contributed by atoms with Crippen molar-refractivity contribution in [1.29, 1.82) is 0 Å². The molecule has 0 aliphatic rings. The second-order valence-electron chi connectivity index (χ2n) is 4.17. The quantitative estimate of drug-likeness (QED) is 0.695. The summed E-state index contributed by atoms with van der Waals surface area (Å²) in [7, 11) is 0. The number of phenolic OH excluding ortho intramolecular Hbond substituents is 1. The third-order valence-corrected chi connectivity index (χ3v) is 2.73. The highest BCUT2D eigenvalue weighted by Crippen LogP contribution is 2.21. The standard InChI is InChI=1S/C14H22O/c1-3-5-6-8-12-9-10-14(15)13(11-12)7-4-2/h9-11,15H,3-8H2,1-2H3. The summed E-state index contributed by atoms with van der Waals surface area (Å²) in [6.45, 7) is 4.36. The summed E-state index contributed by atoms with van der Waals surface area (Å²) >= 11 is 0. The van der Waals surface area contributed by atoms with Gasteiger partial charge in [-0.1, -0.05) is 45.2 Å². The monoisotopic (exact) mass is 206 g/mol. The van der Waals surface area contributed by atoms with Gasteiger partial charge in [0, 0.05) is 0 Å². The lowest BCUT2D eigenvalue weighted by atomic mass is 10.0. The van der Waals surface area contributed by atoms with Crippen LogP contribution < -0.4 is 0 Å². The number of rotatable bonds is 6. The van der Waals surface area contributed by atoms with Gasteiger partial charge in [-0.2, -0.15) is 0 Å². The maximum Gasteiger partial charge on any atom is 0.118 e. The second kappa shape index (κ2) is 6.49. The van der Waals surface area contributed by atoms with E-state index in [1.165, 1.54) is 24.8 Å². The molecule has 1 aromatic carbocycles. The van der Waals surface area contributed by atoms with Gasteiger partial charge in [-0.3, -0.25) is 0 Å². The van der Waals surface area contributed by atoms with Gasteiger partial charge in [0.05, 0.1) is 0 Å². The fourth-order valence-electron chi connectivity index (χ4n) is 1.84. The van der Waals surface area contributed by atoms with Crippen molar-refractivity contribution in [3.63, 3.8) is 0 Å². The second-order valence-corrected chi connectivity index (χ2v) is 4.17. The molecule has 0 fully saturated rings. The number of phenols is 1. The molecule has 0 unspecified atom stereocenters. The van der Waals surface area contributed by atoms with Crippen molar-refractivity contribution in [3.05, 3.63) is 29.3 Å². The predicted molar refractivity (Wildman–Crippen MR) is 65.3 cm³/mol. The van der Waals surface area contributed by atoms with Crippen LogP contribution in [0.4, 0.5) is 0 Å². The fraction of sp³-hybridized carbons (Fsp3) is 0.571. The fourth-order valence-corrected chi connectivity index (χ4v) is 1.84. The molecule has 15 heavy (non-hydrogen) atoms. The van der Waals surface area contributed by atoms with Gasteiger partial charge in [0.15, 0.2) is 0 Å². The lowest BCUT2D eigenvalue weighted by Gasteiger charge is -2.06. The Morgan fingerprint density at radius 2 is 1.80 bits per heavy atom. The van der Waals surface area contributed by atoms with Crippen molar-refractivity contribution in [2.24, 2.45) is 0 Å². The van der Waals surface area contributed by atoms with Crippen LogP contribution in [0, 0.1) is 0 Å². The third-order valence-electron chi connectivity index (χ3n) is 2.73. The van der Waals surface area contributed by atoms with Gasteiger partial charge in [-0.25, -0.2) is 0 Å². The average Bonchev–Trinajstić information content (AvgIpc) is 2.23. The number of aryl methyl sites for hydroxylation is 2. The van der Waals surface area contributed by atoms with E-state index in [4.69, 9.17) is 0 Å². The van der Waals surface area contributed by atoms with E-state index in [-0.39, 0.29) is 0 Å². The number of benzene rings is 1. The largest absolute Gasteiger partial charge is 0.508 e. The van der Waals surface area contributed by atoms with E-state index in [1.54, 1.807) is 0 Å². The van der Waals surface area contributed by atoms with Crippen molar-refractivity contribution in [2.75, 3.05) is 0 Å². The molecule has 1 nitrogen and oxygen atoms in total. The van der Waals surface area contributed by atoms with Gasteiger partial charge in [-0.05, 0) is 36.5 Å². The van der Waals surface area contributed by atoms with E-state index in [0.717, 1.165) is 24.8 Å². The van der Waals surface area contributed by atoms with E-state index in [0.29, 0.717) is 5.75 Å². The van der Waals surface area contributed by atoms with Gasteiger partial charge in [0.2, 0.25) is 0 Å². The minimum atomic E-state index is 0.455. The molecule has 0 aliphatic carbocycles. The molecule has 0 spiro atoms. The normalized spacial score (nSPS) is 10.5. The lowest BCUT2D eigenvalue weighted by Crippen LogP contribution is -1.90. The highest BCUT2D eigenvalue weighted by Gasteiger charge is 2.01. The van der Waals surface area contributed by atoms with Gasteiger partial charge in [0.1, 0.15) is 5.75 Å². The lowest BCUT2D eigenvalue weighted by molar-refractivity contribution is 0.467. The first-order valence-electron chi connectivity index (χ1n) is 6.08. The molecule has 84 valence electrons. The van der Waals surface area contributed by atoms with Crippen LogP contribution >= 0.6 is 0 Å². The number of aromatic hydroxyl groups is 1. The molecule has 1 aromatic rings. The first kappa shape index (κ1) is 12.1. The van der Waals surface area contributed by atoms with Crippen LogP contribution in [0.15, 0.2) is 18.2 Å². The van der Waals surface area contributed by atoms with E-state index >= 15 is 0 Å².